The molecular formula is C11H12BrClOS. The Labute approximate surface area is 106 Å². The van der Waals surface area contributed by atoms with Crippen molar-refractivity contribution in [1.29, 1.82) is 0 Å². The summed E-state index contributed by atoms with van der Waals surface area (Å²) >= 11 is 9.41. The first-order valence-corrected chi connectivity index (χ1v) is 7.60. The van der Waals surface area contributed by atoms with Crippen molar-refractivity contribution in [2.45, 2.75) is 18.6 Å². The van der Waals surface area contributed by atoms with Gasteiger partial charge in [-0.05, 0) is 36.5 Å². The Balaban J connectivity index is 1.99. The highest BCUT2D eigenvalue weighted by Gasteiger charge is 2.23. The summed E-state index contributed by atoms with van der Waals surface area (Å²) in [4.78, 5) is 0. The minimum absolute atomic E-state index is 0.586. The maximum atomic E-state index is 11.7. The first-order chi connectivity index (χ1) is 7.15. The van der Waals surface area contributed by atoms with E-state index in [0.717, 1.165) is 15.8 Å². The monoisotopic (exact) mass is 306 g/mol. The molecule has 1 nitrogen and oxygen atoms in total. The Bertz CT molecular complexity index is 390. The predicted molar refractivity (Wildman–Crippen MR) is 68.6 cm³/mol. The summed E-state index contributed by atoms with van der Waals surface area (Å²) in [6.45, 7) is 0. The highest BCUT2D eigenvalue weighted by Crippen LogP contribution is 2.30. The minimum Gasteiger partial charge on any atom is -0.259 e. The van der Waals surface area contributed by atoms with Crippen molar-refractivity contribution in [3.8, 4) is 0 Å². The molecule has 82 valence electrons. The molecule has 15 heavy (non-hydrogen) atoms. The maximum Gasteiger partial charge on any atom is 0.0500 e. The van der Waals surface area contributed by atoms with Crippen LogP contribution >= 0.6 is 27.5 Å². The molecule has 2 rings (SSSR count). The van der Waals surface area contributed by atoms with Crippen LogP contribution in [-0.4, -0.2) is 9.96 Å². The highest BCUT2D eigenvalue weighted by atomic mass is 79.9. The number of rotatable bonds is 4. The summed E-state index contributed by atoms with van der Waals surface area (Å²) in [5.41, 5.74) is 0.985. The van der Waals surface area contributed by atoms with E-state index in [1.54, 1.807) is 0 Å². The zero-order valence-electron chi connectivity index (χ0n) is 8.21. The summed E-state index contributed by atoms with van der Waals surface area (Å²) in [5.74, 6) is 2.13. The average Bonchev–Trinajstić information content (AvgIpc) is 2.94. The molecular weight excluding hydrogens is 296 g/mol. The molecule has 1 aliphatic rings. The van der Waals surface area contributed by atoms with Crippen LogP contribution in [0, 0.1) is 5.92 Å². The number of halogens is 2. The molecule has 0 amide bonds. The molecule has 4 heteroatoms. The highest BCUT2D eigenvalue weighted by molar-refractivity contribution is 9.10. The van der Waals surface area contributed by atoms with Gasteiger partial charge in [-0.1, -0.05) is 33.6 Å². The van der Waals surface area contributed by atoms with Gasteiger partial charge < -0.3 is 0 Å². The lowest BCUT2D eigenvalue weighted by Crippen LogP contribution is -2.02. The van der Waals surface area contributed by atoms with Gasteiger partial charge in [-0.3, -0.25) is 4.21 Å². The maximum absolute atomic E-state index is 11.7. The van der Waals surface area contributed by atoms with Gasteiger partial charge in [0, 0.05) is 26.0 Å². The fraction of sp³-hybridized carbons (Fsp3) is 0.455. The normalized spacial score (nSPS) is 17.7. The van der Waals surface area contributed by atoms with E-state index >= 15 is 0 Å². The molecule has 0 saturated heterocycles. The van der Waals surface area contributed by atoms with Gasteiger partial charge in [-0.25, -0.2) is 0 Å². The Hall–Kier alpha value is 0.140. The van der Waals surface area contributed by atoms with Crippen LogP contribution in [-0.2, 0) is 16.6 Å². The van der Waals surface area contributed by atoms with E-state index in [9.17, 15) is 4.21 Å². The second-order valence-electron chi connectivity index (χ2n) is 3.93. The third-order valence-corrected chi connectivity index (χ3v) is 4.77. The third-order valence-electron chi connectivity index (χ3n) is 2.45. The first kappa shape index (κ1) is 11.6. The second-order valence-corrected chi connectivity index (χ2v) is 6.75. The van der Waals surface area contributed by atoms with E-state index < -0.39 is 10.8 Å². The van der Waals surface area contributed by atoms with E-state index in [2.05, 4.69) is 15.9 Å². The van der Waals surface area contributed by atoms with Gasteiger partial charge in [-0.15, -0.1) is 0 Å². The lowest BCUT2D eigenvalue weighted by molar-refractivity contribution is 0.679. The van der Waals surface area contributed by atoms with Gasteiger partial charge in [-0.2, -0.15) is 0 Å². The summed E-state index contributed by atoms with van der Waals surface area (Å²) in [6.07, 6.45) is 2.50. The second kappa shape index (κ2) is 4.98. The topological polar surface area (TPSA) is 17.1 Å². The van der Waals surface area contributed by atoms with Crippen molar-refractivity contribution in [3.05, 3.63) is 33.3 Å². The zero-order valence-corrected chi connectivity index (χ0v) is 11.4. The molecule has 1 atom stereocenters. The van der Waals surface area contributed by atoms with Crippen LogP contribution in [0.2, 0.25) is 5.02 Å². The van der Waals surface area contributed by atoms with E-state index in [-0.39, 0.29) is 0 Å². The fourth-order valence-corrected chi connectivity index (χ4v) is 3.81. The molecule has 0 spiro atoms. The van der Waals surface area contributed by atoms with Crippen LogP contribution in [0.4, 0.5) is 0 Å². The predicted octanol–water partition coefficient (Wildman–Crippen LogP) is 3.76. The SMILES string of the molecule is O=S(Cc1ccc(Br)cc1Cl)CC1CC1. The summed E-state index contributed by atoms with van der Waals surface area (Å²) in [7, 11) is -0.755. The quantitative estimate of drug-likeness (QED) is 0.828. The largest absolute Gasteiger partial charge is 0.259 e. The minimum atomic E-state index is -0.755. The lowest BCUT2D eigenvalue weighted by atomic mass is 10.2. The van der Waals surface area contributed by atoms with Crippen LogP contribution in [0.5, 0.6) is 0 Å². The van der Waals surface area contributed by atoms with Crippen LogP contribution in [0.3, 0.4) is 0 Å². The van der Waals surface area contributed by atoms with Crippen LogP contribution in [0.1, 0.15) is 18.4 Å². The number of hydrogen-bond donors (Lipinski definition) is 0. The van der Waals surface area contributed by atoms with Gasteiger partial charge in [0.25, 0.3) is 0 Å². The molecule has 0 aromatic heterocycles. The van der Waals surface area contributed by atoms with Crippen molar-refractivity contribution < 1.29 is 4.21 Å². The molecule has 0 N–H and O–H groups in total. The van der Waals surface area contributed by atoms with Crippen LogP contribution in [0.25, 0.3) is 0 Å². The van der Waals surface area contributed by atoms with Gasteiger partial charge in [0.1, 0.15) is 0 Å². The Morgan fingerprint density at radius 1 is 1.47 bits per heavy atom. The lowest BCUT2D eigenvalue weighted by Gasteiger charge is -2.04. The molecule has 1 saturated carbocycles. The molecule has 1 fully saturated rings. The molecule has 1 aromatic carbocycles. The number of benzene rings is 1. The van der Waals surface area contributed by atoms with E-state index in [1.165, 1.54) is 12.8 Å². The fourth-order valence-electron chi connectivity index (χ4n) is 1.42. The molecule has 0 radical (unpaired) electrons. The van der Waals surface area contributed by atoms with Crippen molar-refractivity contribution in [1.82, 2.24) is 0 Å². The smallest absolute Gasteiger partial charge is 0.0500 e. The summed E-state index contributed by atoms with van der Waals surface area (Å²) < 4.78 is 12.7. The van der Waals surface area contributed by atoms with Gasteiger partial charge in [0.2, 0.25) is 0 Å². The third kappa shape index (κ3) is 3.58. The summed E-state index contributed by atoms with van der Waals surface area (Å²) in [6, 6.07) is 5.73. The van der Waals surface area contributed by atoms with E-state index in [1.807, 2.05) is 18.2 Å². The van der Waals surface area contributed by atoms with Gasteiger partial charge in [0.15, 0.2) is 0 Å². The molecule has 0 bridgehead atoms. The van der Waals surface area contributed by atoms with Crippen molar-refractivity contribution in [3.63, 3.8) is 0 Å². The Kier molecular flexibility index (Phi) is 3.86. The molecule has 0 heterocycles. The van der Waals surface area contributed by atoms with Gasteiger partial charge in [0.05, 0.1) is 5.75 Å². The molecule has 0 aliphatic heterocycles. The van der Waals surface area contributed by atoms with Gasteiger partial charge >= 0.3 is 0 Å². The van der Waals surface area contributed by atoms with E-state index in [0.29, 0.717) is 16.7 Å². The zero-order chi connectivity index (χ0) is 10.8. The van der Waals surface area contributed by atoms with Crippen LogP contribution < -0.4 is 0 Å². The van der Waals surface area contributed by atoms with Crippen molar-refractivity contribution >= 4 is 38.3 Å². The molecule has 1 aliphatic carbocycles. The summed E-state index contributed by atoms with van der Waals surface area (Å²) in [5, 5.41) is 0.702. The average molecular weight is 308 g/mol. The van der Waals surface area contributed by atoms with E-state index in [4.69, 9.17) is 11.6 Å². The molecule has 1 unspecified atom stereocenters. The number of hydrogen-bond acceptors (Lipinski definition) is 1. The standard InChI is InChI=1S/C11H12BrClOS/c12-10-4-3-9(11(13)5-10)7-15(14)6-8-1-2-8/h3-5,8H,1-2,6-7H2. The van der Waals surface area contributed by atoms with Crippen LogP contribution in [0.15, 0.2) is 22.7 Å². The van der Waals surface area contributed by atoms with Crippen molar-refractivity contribution in [2.24, 2.45) is 5.92 Å². The Morgan fingerprint density at radius 3 is 2.80 bits per heavy atom. The van der Waals surface area contributed by atoms with Crippen molar-refractivity contribution in [2.75, 3.05) is 5.75 Å². The molecule has 1 aromatic rings. The first-order valence-electron chi connectivity index (χ1n) is 4.94. The Morgan fingerprint density at radius 2 is 2.20 bits per heavy atom.